The molecule has 0 aliphatic heterocycles. The van der Waals surface area contributed by atoms with Crippen molar-refractivity contribution >= 4 is 63.8 Å². The van der Waals surface area contributed by atoms with Gasteiger partial charge in [0.2, 0.25) is 0 Å². The summed E-state index contributed by atoms with van der Waals surface area (Å²) < 4.78 is 2.71. The van der Waals surface area contributed by atoms with E-state index in [0.717, 1.165) is 0 Å². The molecule has 0 nitrogen and oxygen atoms in total. The van der Waals surface area contributed by atoms with Gasteiger partial charge in [0.05, 0.1) is 0 Å². The molecule has 0 spiro atoms. The van der Waals surface area contributed by atoms with Crippen molar-refractivity contribution in [1.82, 2.24) is 0 Å². The Balaban J connectivity index is 1.43. The highest BCUT2D eigenvalue weighted by Crippen LogP contribution is 2.45. The number of benzene rings is 7. The summed E-state index contributed by atoms with van der Waals surface area (Å²) in [6.07, 6.45) is 0. The lowest BCUT2D eigenvalue weighted by molar-refractivity contribution is 1.67. The van der Waals surface area contributed by atoms with E-state index in [1.165, 1.54) is 74.7 Å². The molecule has 1 heterocycles. The van der Waals surface area contributed by atoms with Crippen LogP contribution in [0.4, 0.5) is 0 Å². The molecule has 0 saturated heterocycles. The molecule has 0 aliphatic rings. The molecule has 0 N–H and O–H groups in total. The maximum absolute atomic E-state index is 2.40. The lowest BCUT2D eigenvalue weighted by Gasteiger charge is -2.12. The van der Waals surface area contributed by atoms with E-state index in [2.05, 4.69) is 133 Å². The molecule has 0 aliphatic carbocycles. The third kappa shape index (κ3) is 3.08. The first-order valence-electron chi connectivity index (χ1n) is 12.7. The first-order valence-corrected chi connectivity index (χ1v) is 13.5. The minimum Gasteiger partial charge on any atom is -0.134 e. The lowest BCUT2D eigenvalue weighted by Crippen LogP contribution is -1.85. The molecular weight excluding hydrogens is 464 g/mol. The fourth-order valence-corrected chi connectivity index (χ4v) is 7.34. The number of hydrogen-bond donors (Lipinski definition) is 0. The summed E-state index contributed by atoms with van der Waals surface area (Å²) >= 11 is 1.92. The van der Waals surface area contributed by atoms with Gasteiger partial charge in [0, 0.05) is 20.2 Å². The summed E-state index contributed by atoms with van der Waals surface area (Å²) in [7, 11) is 0. The molecule has 0 atom stereocenters. The van der Waals surface area contributed by atoms with E-state index in [9.17, 15) is 0 Å². The van der Waals surface area contributed by atoms with E-state index in [0.29, 0.717) is 0 Å². The van der Waals surface area contributed by atoms with Crippen LogP contribution in [0, 0.1) is 0 Å². The summed E-state index contributed by atoms with van der Waals surface area (Å²) in [5, 5.41) is 10.6. The van der Waals surface area contributed by atoms with Crippen LogP contribution in [0.3, 0.4) is 0 Å². The predicted octanol–water partition coefficient (Wildman–Crippen LogP) is 10.8. The van der Waals surface area contributed by atoms with Crippen molar-refractivity contribution in [1.29, 1.82) is 0 Å². The van der Waals surface area contributed by atoms with Crippen LogP contribution in [0.25, 0.3) is 74.7 Å². The number of hydrogen-bond acceptors (Lipinski definition) is 1. The third-order valence-corrected chi connectivity index (χ3v) is 8.95. The molecule has 1 aromatic heterocycles. The summed E-state index contributed by atoms with van der Waals surface area (Å²) in [4.78, 5) is 0. The van der Waals surface area contributed by atoms with Crippen LogP contribution in [-0.2, 0) is 0 Å². The highest BCUT2D eigenvalue weighted by Gasteiger charge is 2.15. The Morgan fingerprint density at radius 2 is 0.757 bits per heavy atom. The van der Waals surface area contributed by atoms with Crippen LogP contribution >= 0.6 is 11.3 Å². The molecular formula is C36H22S. The Labute approximate surface area is 219 Å². The maximum atomic E-state index is 2.40. The van der Waals surface area contributed by atoms with Crippen LogP contribution in [0.1, 0.15) is 0 Å². The van der Waals surface area contributed by atoms with Crippen LogP contribution in [-0.4, -0.2) is 0 Å². The maximum Gasteiger partial charge on any atom is 0.0434 e. The minimum absolute atomic E-state index is 1.27. The van der Waals surface area contributed by atoms with Gasteiger partial charge in [-0.2, -0.15) is 0 Å². The largest absolute Gasteiger partial charge is 0.134 e. The van der Waals surface area contributed by atoms with Gasteiger partial charge in [-0.05, 0) is 60.6 Å². The Morgan fingerprint density at radius 1 is 0.297 bits per heavy atom. The molecule has 37 heavy (non-hydrogen) atoms. The second-order valence-corrected chi connectivity index (χ2v) is 10.7. The molecule has 8 aromatic rings. The van der Waals surface area contributed by atoms with E-state index >= 15 is 0 Å². The van der Waals surface area contributed by atoms with Crippen LogP contribution in [0.15, 0.2) is 133 Å². The van der Waals surface area contributed by atoms with E-state index < -0.39 is 0 Å². The van der Waals surface area contributed by atoms with Gasteiger partial charge in [0.1, 0.15) is 0 Å². The summed E-state index contributed by atoms with van der Waals surface area (Å²) in [5.41, 5.74) is 5.15. The number of fused-ring (bicyclic) bond motifs is 9. The molecule has 0 amide bonds. The molecule has 1 heteroatoms. The molecule has 172 valence electrons. The summed E-state index contributed by atoms with van der Waals surface area (Å²) in [5.74, 6) is 0. The molecule has 0 unspecified atom stereocenters. The second-order valence-electron chi connectivity index (χ2n) is 9.68. The van der Waals surface area contributed by atoms with E-state index in [1.54, 1.807) is 0 Å². The highest BCUT2D eigenvalue weighted by atomic mass is 32.1. The standard InChI is InChI=1S/C36H22S/c1-2-10-23(11-3-1)25-16-8-18-32-33-19-9-17-26(36(33)37-35(25)32)24-20-21-31-29-14-5-4-12-27(29)28-13-6-7-15-30(28)34(31)22-24/h1-22H. The van der Waals surface area contributed by atoms with Gasteiger partial charge in [-0.25, -0.2) is 0 Å². The molecule has 0 fully saturated rings. The summed E-state index contributed by atoms with van der Waals surface area (Å²) in [6.45, 7) is 0. The molecule has 0 radical (unpaired) electrons. The smallest absolute Gasteiger partial charge is 0.0434 e. The first kappa shape index (κ1) is 20.7. The Kier molecular flexibility index (Phi) is 4.49. The Bertz CT molecular complexity index is 2100. The normalized spacial score (nSPS) is 11.8. The van der Waals surface area contributed by atoms with Gasteiger partial charge in [-0.15, -0.1) is 11.3 Å². The van der Waals surface area contributed by atoms with Gasteiger partial charge in [0.15, 0.2) is 0 Å². The van der Waals surface area contributed by atoms with Crippen molar-refractivity contribution in [2.24, 2.45) is 0 Å². The number of rotatable bonds is 2. The minimum atomic E-state index is 1.27. The highest BCUT2D eigenvalue weighted by molar-refractivity contribution is 7.26. The quantitative estimate of drug-likeness (QED) is 0.213. The first-order chi connectivity index (χ1) is 18.4. The van der Waals surface area contributed by atoms with Gasteiger partial charge < -0.3 is 0 Å². The fraction of sp³-hybridized carbons (Fsp3) is 0. The number of thiophene rings is 1. The molecule has 0 bridgehead atoms. The average molecular weight is 487 g/mol. The van der Waals surface area contributed by atoms with Gasteiger partial charge in [-0.3, -0.25) is 0 Å². The van der Waals surface area contributed by atoms with Gasteiger partial charge in [-0.1, -0.05) is 127 Å². The van der Waals surface area contributed by atoms with Crippen molar-refractivity contribution in [2.45, 2.75) is 0 Å². The van der Waals surface area contributed by atoms with Gasteiger partial charge in [0.25, 0.3) is 0 Å². The summed E-state index contributed by atoms with van der Waals surface area (Å²) in [6, 6.07) is 48.8. The van der Waals surface area contributed by atoms with Crippen molar-refractivity contribution in [3.8, 4) is 22.3 Å². The van der Waals surface area contributed by atoms with Crippen LogP contribution in [0.2, 0.25) is 0 Å². The van der Waals surface area contributed by atoms with E-state index in [1.807, 2.05) is 11.3 Å². The van der Waals surface area contributed by atoms with Crippen molar-refractivity contribution in [2.75, 3.05) is 0 Å². The van der Waals surface area contributed by atoms with Crippen LogP contribution < -0.4 is 0 Å². The monoisotopic (exact) mass is 486 g/mol. The Hall–Kier alpha value is -4.46. The van der Waals surface area contributed by atoms with E-state index in [-0.39, 0.29) is 0 Å². The van der Waals surface area contributed by atoms with Crippen LogP contribution in [0.5, 0.6) is 0 Å². The topological polar surface area (TPSA) is 0 Å². The second kappa shape index (κ2) is 8.03. The van der Waals surface area contributed by atoms with Crippen molar-refractivity contribution < 1.29 is 0 Å². The zero-order chi connectivity index (χ0) is 24.3. The van der Waals surface area contributed by atoms with E-state index in [4.69, 9.17) is 0 Å². The predicted molar refractivity (Wildman–Crippen MR) is 163 cm³/mol. The SMILES string of the molecule is c1ccc(-c2cccc3c2sc2c(-c4ccc5c6ccccc6c6ccccc6c5c4)cccc23)cc1. The van der Waals surface area contributed by atoms with Crippen molar-refractivity contribution in [3.05, 3.63) is 133 Å². The Morgan fingerprint density at radius 3 is 1.35 bits per heavy atom. The zero-order valence-corrected chi connectivity index (χ0v) is 20.9. The van der Waals surface area contributed by atoms with Crippen molar-refractivity contribution in [3.63, 3.8) is 0 Å². The molecule has 0 saturated carbocycles. The third-order valence-electron chi connectivity index (χ3n) is 7.66. The fourth-order valence-electron chi connectivity index (χ4n) is 5.97. The molecule has 8 rings (SSSR count). The lowest BCUT2D eigenvalue weighted by atomic mass is 9.92. The van der Waals surface area contributed by atoms with Gasteiger partial charge >= 0.3 is 0 Å². The molecule has 7 aromatic carbocycles. The average Bonchev–Trinajstić information content (AvgIpc) is 3.37. The zero-order valence-electron chi connectivity index (χ0n) is 20.1.